The van der Waals surface area contributed by atoms with Gasteiger partial charge in [0.05, 0.1) is 16.1 Å². The van der Waals surface area contributed by atoms with Crippen LogP contribution in [0.1, 0.15) is 0 Å². The van der Waals surface area contributed by atoms with E-state index in [0.717, 1.165) is 37.4 Å². The largest absolute Gasteiger partial charge is 0.483 e. The first-order valence-electron chi connectivity index (χ1n) is 8.40. The maximum absolute atomic E-state index is 13.0. The molecule has 0 atom stereocenters. The van der Waals surface area contributed by atoms with Crippen LogP contribution in [0.5, 0.6) is 0 Å². The van der Waals surface area contributed by atoms with Crippen LogP contribution >= 0.6 is 0 Å². The molecule has 0 radical (unpaired) electrons. The number of benzene rings is 1. The first-order valence-corrected chi connectivity index (χ1v) is 9.84. The number of piperazine rings is 1. The van der Waals surface area contributed by atoms with Gasteiger partial charge in [-0.1, -0.05) is 18.2 Å². The van der Waals surface area contributed by atoms with Crippen molar-refractivity contribution in [2.24, 2.45) is 0 Å². The number of pyridine rings is 1. The third-order valence-corrected chi connectivity index (χ3v) is 5.95. The third-order valence-electron chi connectivity index (χ3n) is 4.26. The van der Waals surface area contributed by atoms with Gasteiger partial charge in [0.1, 0.15) is 5.52 Å². The highest BCUT2D eigenvalue weighted by molar-refractivity contribution is 7.90. The van der Waals surface area contributed by atoms with Crippen molar-refractivity contribution in [3.05, 3.63) is 54.9 Å². The van der Waals surface area contributed by atoms with Crippen molar-refractivity contribution in [1.82, 2.24) is 14.3 Å². The minimum absolute atomic E-state index is 0.250. The van der Waals surface area contributed by atoms with Gasteiger partial charge < -0.3 is 15.3 Å². The lowest BCUT2D eigenvalue weighted by molar-refractivity contribution is -0.122. The number of carboxylic acid groups (broad SMARTS) is 1. The number of nitrogens with zero attached hydrogens (tertiary/aromatic N) is 3. The smallest absolute Gasteiger partial charge is 0.290 e. The number of hydrogen-bond donors (Lipinski definition) is 2. The van der Waals surface area contributed by atoms with E-state index in [-0.39, 0.29) is 11.4 Å². The number of carbonyl (C=O) groups is 1. The summed E-state index contributed by atoms with van der Waals surface area (Å²) < 4.78 is 27.4. The van der Waals surface area contributed by atoms with Gasteiger partial charge in [0, 0.05) is 38.6 Å². The van der Waals surface area contributed by atoms with Gasteiger partial charge in [-0.3, -0.25) is 9.78 Å². The minimum Gasteiger partial charge on any atom is -0.483 e. The zero-order chi connectivity index (χ0) is 19.3. The van der Waals surface area contributed by atoms with E-state index in [4.69, 9.17) is 9.90 Å². The van der Waals surface area contributed by atoms with E-state index in [0.29, 0.717) is 5.52 Å². The van der Waals surface area contributed by atoms with Gasteiger partial charge in [-0.15, -0.1) is 0 Å². The molecule has 2 N–H and O–H groups in total. The summed E-state index contributed by atoms with van der Waals surface area (Å²) in [5, 5.41) is 10.2. The molecular weight excluding hydrogens is 368 g/mol. The van der Waals surface area contributed by atoms with Crippen LogP contribution in [0.15, 0.2) is 59.8 Å². The topological polar surface area (TPSA) is 105 Å². The Balaban J connectivity index is 0.000000659. The molecule has 4 rings (SSSR count). The summed E-state index contributed by atoms with van der Waals surface area (Å²) in [6.07, 6.45) is 3.40. The number of hydrogen-bond acceptors (Lipinski definition) is 6. The zero-order valence-corrected chi connectivity index (χ0v) is 15.3. The second-order valence-electron chi connectivity index (χ2n) is 5.84. The molecule has 0 spiro atoms. The summed E-state index contributed by atoms with van der Waals surface area (Å²) in [6, 6.07) is 12.1. The number of fused-ring (bicyclic) bond motifs is 1. The van der Waals surface area contributed by atoms with Gasteiger partial charge in [0.25, 0.3) is 16.5 Å². The Labute approximate surface area is 157 Å². The summed E-state index contributed by atoms with van der Waals surface area (Å²) >= 11 is 0. The number of aromatic nitrogens is 2. The van der Waals surface area contributed by atoms with Crippen molar-refractivity contribution in [3.8, 4) is 0 Å². The molecule has 1 aromatic carbocycles. The third kappa shape index (κ3) is 3.79. The summed E-state index contributed by atoms with van der Waals surface area (Å²) in [6.45, 7) is 3.18. The van der Waals surface area contributed by atoms with Gasteiger partial charge in [-0.25, -0.2) is 12.4 Å². The fraction of sp³-hybridized carbons (Fsp3) is 0.222. The van der Waals surface area contributed by atoms with E-state index in [2.05, 4.69) is 15.2 Å². The number of anilines is 1. The van der Waals surface area contributed by atoms with Crippen LogP contribution < -0.4 is 10.2 Å². The Morgan fingerprint density at radius 1 is 1.07 bits per heavy atom. The molecule has 142 valence electrons. The van der Waals surface area contributed by atoms with Crippen molar-refractivity contribution in [2.75, 3.05) is 31.1 Å². The lowest BCUT2D eigenvalue weighted by Crippen LogP contribution is -2.43. The standard InChI is InChI=1S/C17H18N4O2S.CH2O2/c22-24(23,14-5-2-1-3-6-14)21-13-16(20-11-9-18-10-12-20)17-15(21)7-4-8-19-17;2-1-3/h1-8,13,18H,9-12H2;1H,(H,2,3). The average molecular weight is 388 g/mol. The molecule has 1 saturated heterocycles. The molecule has 9 heteroatoms. The van der Waals surface area contributed by atoms with Crippen molar-refractivity contribution < 1.29 is 18.3 Å². The van der Waals surface area contributed by atoms with Crippen LogP contribution in [0.2, 0.25) is 0 Å². The minimum atomic E-state index is -3.65. The van der Waals surface area contributed by atoms with E-state index in [9.17, 15) is 8.42 Å². The molecule has 2 aromatic heterocycles. The van der Waals surface area contributed by atoms with Crippen molar-refractivity contribution in [2.45, 2.75) is 4.90 Å². The first-order chi connectivity index (χ1) is 13.1. The monoisotopic (exact) mass is 388 g/mol. The van der Waals surface area contributed by atoms with Crippen molar-refractivity contribution >= 4 is 33.2 Å². The Morgan fingerprint density at radius 3 is 2.41 bits per heavy atom. The summed E-state index contributed by atoms with van der Waals surface area (Å²) in [5.41, 5.74) is 2.19. The van der Waals surface area contributed by atoms with Crippen LogP contribution in [-0.2, 0) is 14.8 Å². The van der Waals surface area contributed by atoms with Gasteiger partial charge in [-0.05, 0) is 24.3 Å². The van der Waals surface area contributed by atoms with Crippen LogP contribution in [0.25, 0.3) is 11.0 Å². The molecule has 0 bridgehead atoms. The first kappa shape index (κ1) is 18.9. The second-order valence-corrected chi connectivity index (χ2v) is 7.66. The number of rotatable bonds is 3. The maximum atomic E-state index is 13.0. The molecule has 8 nitrogen and oxygen atoms in total. The van der Waals surface area contributed by atoms with Crippen molar-refractivity contribution in [1.29, 1.82) is 0 Å². The predicted molar refractivity (Wildman–Crippen MR) is 103 cm³/mol. The highest BCUT2D eigenvalue weighted by atomic mass is 32.2. The van der Waals surface area contributed by atoms with Crippen LogP contribution in [0.4, 0.5) is 5.69 Å². The molecule has 3 aromatic rings. The second kappa shape index (κ2) is 8.19. The highest BCUT2D eigenvalue weighted by Gasteiger charge is 2.24. The van der Waals surface area contributed by atoms with Crippen LogP contribution in [0, 0.1) is 0 Å². The normalized spacial score (nSPS) is 14.4. The molecule has 3 heterocycles. The fourth-order valence-electron chi connectivity index (χ4n) is 3.06. The summed E-state index contributed by atoms with van der Waals surface area (Å²) in [7, 11) is -3.65. The van der Waals surface area contributed by atoms with Crippen LogP contribution in [-0.4, -0.2) is 55.1 Å². The van der Waals surface area contributed by atoms with E-state index >= 15 is 0 Å². The molecule has 0 aliphatic carbocycles. The van der Waals surface area contributed by atoms with Crippen LogP contribution in [0.3, 0.4) is 0 Å². The van der Waals surface area contributed by atoms with Crippen molar-refractivity contribution in [3.63, 3.8) is 0 Å². The van der Waals surface area contributed by atoms with E-state index < -0.39 is 10.0 Å². The molecule has 0 amide bonds. The zero-order valence-electron chi connectivity index (χ0n) is 14.5. The molecule has 0 saturated carbocycles. The lowest BCUT2D eigenvalue weighted by Gasteiger charge is -2.28. The van der Waals surface area contributed by atoms with E-state index in [1.54, 1.807) is 54.9 Å². The Bertz CT molecular complexity index is 1010. The molecule has 1 aliphatic heterocycles. The SMILES string of the molecule is O=CO.O=S(=O)(c1ccccc1)n1cc(N2CCNCC2)c2ncccc21. The number of nitrogens with one attached hydrogen (secondary N) is 1. The van der Waals surface area contributed by atoms with Gasteiger partial charge in [0.2, 0.25) is 0 Å². The van der Waals surface area contributed by atoms with E-state index in [1.807, 2.05) is 0 Å². The molecule has 0 unspecified atom stereocenters. The highest BCUT2D eigenvalue weighted by Crippen LogP contribution is 2.30. The Kier molecular flexibility index (Phi) is 5.72. The molecule has 27 heavy (non-hydrogen) atoms. The summed E-state index contributed by atoms with van der Waals surface area (Å²) in [4.78, 5) is 15.3. The Hall–Kier alpha value is -2.91. The lowest BCUT2D eigenvalue weighted by atomic mass is 10.3. The molecule has 1 fully saturated rings. The van der Waals surface area contributed by atoms with Gasteiger partial charge >= 0.3 is 0 Å². The Morgan fingerprint density at radius 2 is 1.74 bits per heavy atom. The van der Waals surface area contributed by atoms with Gasteiger partial charge in [-0.2, -0.15) is 0 Å². The van der Waals surface area contributed by atoms with E-state index in [1.165, 1.54) is 3.97 Å². The average Bonchev–Trinajstić information content (AvgIpc) is 3.10. The molecule has 1 aliphatic rings. The summed E-state index contributed by atoms with van der Waals surface area (Å²) in [5.74, 6) is 0. The maximum Gasteiger partial charge on any atom is 0.290 e. The van der Waals surface area contributed by atoms with Gasteiger partial charge in [0.15, 0.2) is 0 Å². The quantitative estimate of drug-likeness (QED) is 0.653. The predicted octanol–water partition coefficient (Wildman–Crippen LogP) is 1.38. The fourth-order valence-corrected chi connectivity index (χ4v) is 4.43. The molecular formula is C18H20N4O4S.